The molecule has 0 aliphatic carbocycles. The van der Waals surface area contributed by atoms with E-state index < -0.39 is 0 Å². The number of primary amides is 1. The summed E-state index contributed by atoms with van der Waals surface area (Å²) in [5, 5.41) is 7.85. The van der Waals surface area contributed by atoms with Gasteiger partial charge in [0.15, 0.2) is 5.69 Å². The van der Waals surface area contributed by atoms with Gasteiger partial charge in [-0.1, -0.05) is 60.0 Å². The van der Waals surface area contributed by atoms with Crippen molar-refractivity contribution in [2.45, 2.75) is 32.8 Å². The van der Waals surface area contributed by atoms with Crippen molar-refractivity contribution in [3.63, 3.8) is 0 Å². The highest BCUT2D eigenvalue weighted by Gasteiger charge is 2.28. The first kappa shape index (κ1) is 25.5. The molecule has 37 heavy (non-hydrogen) atoms. The Hall–Kier alpha value is -3.16. The zero-order valence-electron chi connectivity index (χ0n) is 20.7. The van der Waals surface area contributed by atoms with Crippen molar-refractivity contribution in [1.82, 2.24) is 14.8 Å². The molecule has 0 radical (unpaired) electrons. The third-order valence-corrected chi connectivity index (χ3v) is 7.10. The van der Waals surface area contributed by atoms with Crippen LogP contribution in [0.15, 0.2) is 72.8 Å². The normalized spacial score (nSPS) is 14.0. The molecule has 1 amide bonds. The van der Waals surface area contributed by atoms with E-state index in [-0.39, 0.29) is 5.91 Å². The van der Waals surface area contributed by atoms with E-state index in [2.05, 4.69) is 5.01 Å². The van der Waals surface area contributed by atoms with Crippen LogP contribution in [0.3, 0.4) is 0 Å². The first-order valence-electron chi connectivity index (χ1n) is 12.4. The van der Waals surface area contributed by atoms with Crippen molar-refractivity contribution < 1.29 is 15.0 Å². The van der Waals surface area contributed by atoms with E-state index in [1.165, 1.54) is 6.42 Å². The molecule has 1 aromatic heterocycles. The summed E-state index contributed by atoms with van der Waals surface area (Å²) in [6, 6.07) is 23.1. The molecule has 1 saturated heterocycles. The zero-order chi connectivity index (χ0) is 25.8. The highest BCUT2D eigenvalue weighted by atomic mass is 35.5. The minimum atomic E-state index is -0.104. The van der Waals surface area contributed by atoms with Crippen LogP contribution in [0.2, 0.25) is 10.0 Å². The first-order valence-corrected chi connectivity index (χ1v) is 13.2. The lowest BCUT2D eigenvalue weighted by Gasteiger charge is -2.21. The molecule has 0 spiro atoms. The first-order chi connectivity index (χ1) is 18.0. The quantitative estimate of drug-likeness (QED) is 0.302. The molecular weight excluding hydrogens is 507 g/mol. The third kappa shape index (κ3) is 5.89. The van der Waals surface area contributed by atoms with Gasteiger partial charge in [0.05, 0.1) is 16.4 Å². The molecule has 4 aromatic rings. The predicted molar refractivity (Wildman–Crippen MR) is 146 cm³/mol. The molecule has 1 aliphatic heterocycles. The Bertz CT molecular complexity index is 1380. The third-order valence-electron chi connectivity index (χ3n) is 6.56. The summed E-state index contributed by atoms with van der Waals surface area (Å²) in [7, 11) is 0. The molecule has 1 aliphatic rings. The number of nitrogens with two attached hydrogens (primary N) is 1. The highest BCUT2D eigenvalue weighted by molar-refractivity contribution is 6.35. The van der Waals surface area contributed by atoms with Crippen LogP contribution in [-0.2, 0) is 6.61 Å². The molecule has 2 heterocycles. The summed E-state index contributed by atoms with van der Waals surface area (Å²) < 4.78 is 7.71. The second kappa shape index (κ2) is 11.5. The van der Waals surface area contributed by atoms with Crippen molar-refractivity contribution in [3.8, 4) is 22.7 Å². The van der Waals surface area contributed by atoms with Gasteiger partial charge in [-0.2, -0.15) is 15.5 Å². The number of halogens is 2. The number of carbonyl (C=O) groups excluding carboxylic acids is 1. The van der Waals surface area contributed by atoms with Crippen LogP contribution in [0.5, 0.6) is 5.75 Å². The maximum absolute atomic E-state index is 13.3. The van der Waals surface area contributed by atoms with Crippen LogP contribution in [0.4, 0.5) is 0 Å². The van der Waals surface area contributed by atoms with E-state index in [1.807, 2.05) is 67.6 Å². The standard InChI is InChI=1S/C29H28Cl2N4O2/c1-20-27(29(36)33-34-16-6-3-7-17-34)32-35(26-15-12-23(30)18-25(26)31)28(20)22-10-13-24(14-11-22)37-19-21-8-4-2-5-9-21/h2,4-5,8-15,18H,3,6-7,16-17,19H2,1H3,(H,33,36)/p+1. The smallest absolute Gasteiger partial charge is 0.382 e. The van der Waals surface area contributed by atoms with Crippen LogP contribution in [0, 0.1) is 6.92 Å². The van der Waals surface area contributed by atoms with E-state index >= 15 is 0 Å². The lowest BCUT2D eigenvalue weighted by molar-refractivity contribution is -0.723. The molecule has 5 rings (SSSR count). The van der Waals surface area contributed by atoms with Gasteiger partial charge >= 0.3 is 5.91 Å². The topological polar surface area (TPSA) is 64.0 Å². The minimum Gasteiger partial charge on any atom is -0.489 e. The van der Waals surface area contributed by atoms with E-state index in [1.54, 1.807) is 22.2 Å². The Kier molecular flexibility index (Phi) is 7.91. The molecule has 190 valence electrons. The number of hydrogen-bond donors (Lipinski definition) is 1. The van der Waals surface area contributed by atoms with Crippen molar-refractivity contribution in [1.29, 1.82) is 0 Å². The molecular formula is C29H29Cl2N4O2+. The second-order valence-electron chi connectivity index (χ2n) is 9.22. The van der Waals surface area contributed by atoms with E-state index in [9.17, 15) is 4.79 Å². The number of benzene rings is 3. The number of aromatic nitrogens is 2. The summed E-state index contributed by atoms with van der Waals surface area (Å²) >= 11 is 12.7. The number of hydrogen-bond acceptors (Lipinski definition) is 4. The number of rotatable bonds is 7. The summed E-state index contributed by atoms with van der Waals surface area (Å²) in [5.74, 6) is 0.655. The lowest BCUT2D eigenvalue weighted by atomic mass is 10.1. The van der Waals surface area contributed by atoms with Gasteiger partial charge in [0.25, 0.3) is 0 Å². The number of nitrogens with zero attached hydrogens (tertiary/aromatic N) is 3. The number of ether oxygens (including phenoxy) is 1. The molecule has 0 atom stereocenters. The monoisotopic (exact) mass is 535 g/mol. The average Bonchev–Trinajstić information content (AvgIpc) is 3.25. The van der Waals surface area contributed by atoms with Gasteiger partial charge in [0.1, 0.15) is 12.4 Å². The Morgan fingerprint density at radius 2 is 1.70 bits per heavy atom. The summed E-state index contributed by atoms with van der Waals surface area (Å²) in [6.07, 6.45) is 3.40. The van der Waals surface area contributed by atoms with E-state index in [4.69, 9.17) is 33.0 Å². The van der Waals surface area contributed by atoms with Gasteiger partial charge in [0, 0.05) is 29.2 Å². The van der Waals surface area contributed by atoms with Crippen LogP contribution in [0.25, 0.3) is 16.9 Å². The van der Waals surface area contributed by atoms with Crippen LogP contribution in [-0.4, -0.2) is 33.8 Å². The Morgan fingerprint density at radius 3 is 2.41 bits per heavy atom. The fourth-order valence-corrected chi connectivity index (χ4v) is 5.11. The molecule has 6 nitrogen and oxygen atoms in total. The SMILES string of the molecule is Cc1c(C(=O)[NH2+]N2CCCCC2)nn(-c2ccc(Cl)cc2Cl)c1-c1ccc(OCc2ccccc2)cc1. The summed E-state index contributed by atoms with van der Waals surface area (Å²) in [4.78, 5) is 13.3. The molecule has 3 aromatic carbocycles. The lowest BCUT2D eigenvalue weighted by Crippen LogP contribution is -2.97. The maximum atomic E-state index is 13.3. The van der Waals surface area contributed by atoms with E-state index in [0.717, 1.165) is 54.1 Å². The second-order valence-corrected chi connectivity index (χ2v) is 10.1. The predicted octanol–water partition coefficient (Wildman–Crippen LogP) is 5.84. The largest absolute Gasteiger partial charge is 0.489 e. The van der Waals surface area contributed by atoms with Crippen molar-refractivity contribution >= 4 is 29.1 Å². The summed E-state index contributed by atoms with van der Waals surface area (Å²) in [5.41, 5.74) is 6.37. The fraction of sp³-hybridized carbons (Fsp3) is 0.241. The number of carbonyl (C=O) groups is 1. The number of piperidine rings is 1. The number of quaternary nitrogens is 1. The summed E-state index contributed by atoms with van der Waals surface area (Å²) in [6.45, 7) is 4.21. The van der Waals surface area contributed by atoms with Gasteiger partial charge < -0.3 is 4.74 Å². The molecule has 0 bridgehead atoms. The van der Waals surface area contributed by atoms with Crippen molar-refractivity contribution in [2.24, 2.45) is 0 Å². The molecule has 1 fully saturated rings. The van der Waals surface area contributed by atoms with Gasteiger partial charge in [0.2, 0.25) is 0 Å². The Labute approximate surface area is 226 Å². The number of amides is 1. The molecule has 0 unspecified atom stereocenters. The Morgan fingerprint density at radius 1 is 0.973 bits per heavy atom. The molecule has 8 heteroatoms. The maximum Gasteiger partial charge on any atom is 0.382 e. The fourth-order valence-electron chi connectivity index (χ4n) is 4.62. The zero-order valence-corrected chi connectivity index (χ0v) is 22.2. The molecule has 0 saturated carbocycles. The van der Waals surface area contributed by atoms with Crippen LogP contribution in [0.1, 0.15) is 40.9 Å². The Balaban J connectivity index is 1.47. The van der Waals surface area contributed by atoms with Crippen molar-refractivity contribution in [2.75, 3.05) is 13.1 Å². The van der Waals surface area contributed by atoms with Crippen LogP contribution >= 0.6 is 23.2 Å². The highest BCUT2D eigenvalue weighted by Crippen LogP contribution is 2.33. The molecule has 2 N–H and O–H groups in total. The average molecular weight is 536 g/mol. The van der Waals surface area contributed by atoms with Crippen LogP contribution < -0.4 is 10.2 Å². The minimum absolute atomic E-state index is 0.104. The van der Waals surface area contributed by atoms with E-state index in [0.29, 0.717) is 28.0 Å². The van der Waals surface area contributed by atoms with Crippen molar-refractivity contribution in [3.05, 3.63) is 99.7 Å². The van der Waals surface area contributed by atoms with Gasteiger partial charge in [-0.15, -0.1) is 0 Å². The van der Waals surface area contributed by atoms with Gasteiger partial charge in [-0.3, -0.25) is 0 Å². The van der Waals surface area contributed by atoms with Gasteiger partial charge in [-0.25, -0.2) is 9.48 Å². The van der Waals surface area contributed by atoms with Gasteiger partial charge in [-0.05, 0) is 67.8 Å².